The van der Waals surface area contributed by atoms with E-state index in [0.717, 1.165) is 19.3 Å². The largest absolute Gasteiger partial charge is 0.468 e. The van der Waals surface area contributed by atoms with E-state index in [2.05, 4.69) is 15.0 Å². The van der Waals surface area contributed by atoms with Gasteiger partial charge in [-0.2, -0.15) is 17.4 Å². The van der Waals surface area contributed by atoms with Gasteiger partial charge in [-0.25, -0.2) is 0 Å². The molecule has 1 aliphatic heterocycles. The maximum atomic E-state index is 12.7. The van der Waals surface area contributed by atoms with Crippen LogP contribution in [-0.4, -0.2) is 55.8 Å². The lowest BCUT2D eigenvalue weighted by atomic mass is 10.1. The van der Waals surface area contributed by atoms with E-state index in [0.29, 0.717) is 24.3 Å². The van der Waals surface area contributed by atoms with Crippen LogP contribution in [0, 0.1) is 0 Å². The van der Waals surface area contributed by atoms with Crippen LogP contribution in [0.25, 0.3) is 0 Å². The Hall–Kier alpha value is -2.24. The Morgan fingerprint density at radius 3 is 2.27 bits per heavy atom. The van der Waals surface area contributed by atoms with Gasteiger partial charge in [0.05, 0.1) is 22.7 Å². The van der Waals surface area contributed by atoms with Crippen LogP contribution in [-0.2, 0) is 26.2 Å². The minimum atomic E-state index is -3.83. The summed E-state index contributed by atoms with van der Waals surface area (Å²) in [6, 6.07) is 5.53. The molecule has 3 rings (SSSR count). The molecule has 1 fully saturated rings. The monoisotopic (exact) mass is 514 g/mol. The molecule has 1 saturated heterocycles. The Morgan fingerprint density at radius 2 is 1.70 bits per heavy atom. The van der Waals surface area contributed by atoms with Crippen LogP contribution < -0.4 is 10.0 Å². The molecule has 0 saturated carbocycles. The molecule has 1 aromatic carbocycles. The first-order chi connectivity index (χ1) is 15.7. The first-order valence-electron chi connectivity index (χ1n) is 10.3. The molecular weight excluding hydrogens is 491 g/mol. The van der Waals surface area contributed by atoms with Crippen LogP contribution in [0.3, 0.4) is 0 Å². The molecule has 0 radical (unpaired) electrons. The van der Waals surface area contributed by atoms with Gasteiger partial charge in [0.15, 0.2) is 0 Å². The molecule has 0 aliphatic carbocycles. The zero-order valence-corrected chi connectivity index (χ0v) is 20.2. The molecule has 9 nitrogen and oxygen atoms in total. The molecule has 178 valence electrons. The number of benzene rings is 1. The molecule has 1 amide bonds. The van der Waals surface area contributed by atoms with E-state index in [4.69, 9.17) is 27.9 Å². The van der Waals surface area contributed by atoms with Crippen molar-refractivity contribution < 1.29 is 22.7 Å². The molecule has 33 heavy (non-hydrogen) atoms. The van der Waals surface area contributed by atoms with Crippen molar-refractivity contribution in [1.29, 1.82) is 0 Å². The number of hydrogen-bond acceptors (Lipinski definition) is 6. The number of rotatable bonds is 8. The van der Waals surface area contributed by atoms with Crippen LogP contribution in [0.1, 0.15) is 35.2 Å². The van der Waals surface area contributed by atoms with Crippen molar-refractivity contribution in [3.05, 3.63) is 57.8 Å². The van der Waals surface area contributed by atoms with Crippen molar-refractivity contribution in [2.24, 2.45) is 0 Å². The highest BCUT2D eigenvalue weighted by Gasteiger charge is 2.30. The number of amides is 1. The fourth-order valence-electron chi connectivity index (χ4n) is 3.46. The van der Waals surface area contributed by atoms with Crippen LogP contribution >= 0.6 is 23.2 Å². The summed E-state index contributed by atoms with van der Waals surface area (Å²) in [7, 11) is -2.62. The number of aromatic nitrogens is 1. The summed E-state index contributed by atoms with van der Waals surface area (Å²) < 4.78 is 34.0. The molecule has 1 aromatic heterocycles. The maximum Gasteiger partial charge on any atom is 0.324 e. The third-order valence-electron chi connectivity index (χ3n) is 5.16. The van der Waals surface area contributed by atoms with Gasteiger partial charge in [0.1, 0.15) is 6.04 Å². The Kier molecular flexibility index (Phi) is 8.66. The molecule has 2 aromatic rings. The molecule has 12 heteroatoms. The first-order valence-corrected chi connectivity index (χ1v) is 12.5. The van der Waals surface area contributed by atoms with Gasteiger partial charge in [-0.15, -0.1) is 0 Å². The molecular formula is C21H24Cl2N4O5S. The van der Waals surface area contributed by atoms with Gasteiger partial charge in [0, 0.05) is 31.2 Å². The number of piperidine rings is 1. The second-order valence-corrected chi connectivity index (χ2v) is 10.0. The van der Waals surface area contributed by atoms with Crippen molar-refractivity contribution in [2.45, 2.75) is 31.7 Å². The quantitative estimate of drug-likeness (QED) is 0.522. The van der Waals surface area contributed by atoms with Gasteiger partial charge in [0.25, 0.3) is 16.1 Å². The zero-order chi connectivity index (χ0) is 24.0. The number of nitrogens with one attached hydrogen (secondary N) is 2. The van der Waals surface area contributed by atoms with Crippen LogP contribution in [0.15, 0.2) is 36.7 Å². The minimum absolute atomic E-state index is 0.0793. The van der Waals surface area contributed by atoms with E-state index < -0.39 is 28.1 Å². The minimum Gasteiger partial charge on any atom is -0.468 e. The van der Waals surface area contributed by atoms with Gasteiger partial charge in [-0.05, 0) is 37.0 Å². The highest BCUT2D eigenvalue weighted by molar-refractivity contribution is 7.87. The lowest BCUT2D eigenvalue weighted by molar-refractivity contribution is -0.142. The average Bonchev–Trinajstić information content (AvgIpc) is 2.79. The molecule has 1 unspecified atom stereocenters. The molecule has 2 heterocycles. The summed E-state index contributed by atoms with van der Waals surface area (Å²) in [5.41, 5.74) is 1.25. The summed E-state index contributed by atoms with van der Waals surface area (Å²) in [5, 5.41) is 2.94. The Bertz CT molecular complexity index is 1090. The zero-order valence-electron chi connectivity index (χ0n) is 17.9. The van der Waals surface area contributed by atoms with Crippen molar-refractivity contribution in [3.8, 4) is 0 Å². The fourth-order valence-corrected chi connectivity index (χ4v) is 5.42. The summed E-state index contributed by atoms with van der Waals surface area (Å²) in [4.78, 5) is 28.6. The number of pyridine rings is 1. The summed E-state index contributed by atoms with van der Waals surface area (Å²) >= 11 is 12.0. The van der Waals surface area contributed by atoms with Gasteiger partial charge >= 0.3 is 5.97 Å². The van der Waals surface area contributed by atoms with Crippen LogP contribution in [0.2, 0.25) is 10.0 Å². The number of esters is 1. The van der Waals surface area contributed by atoms with Crippen LogP contribution in [0.4, 0.5) is 5.69 Å². The second-order valence-electron chi connectivity index (χ2n) is 7.49. The van der Waals surface area contributed by atoms with Crippen molar-refractivity contribution in [3.63, 3.8) is 0 Å². The number of nitrogens with zero attached hydrogens (tertiary/aromatic N) is 2. The predicted molar refractivity (Wildman–Crippen MR) is 126 cm³/mol. The van der Waals surface area contributed by atoms with Crippen molar-refractivity contribution >= 4 is 51.0 Å². The van der Waals surface area contributed by atoms with Crippen molar-refractivity contribution in [1.82, 2.24) is 14.0 Å². The molecule has 0 spiro atoms. The topological polar surface area (TPSA) is 118 Å². The van der Waals surface area contributed by atoms with Gasteiger partial charge < -0.3 is 10.1 Å². The number of carbonyl (C=O) groups is 2. The van der Waals surface area contributed by atoms with E-state index >= 15 is 0 Å². The number of methoxy groups -OCH3 is 1. The average molecular weight is 515 g/mol. The summed E-state index contributed by atoms with van der Waals surface area (Å²) in [5.74, 6) is -1.18. The van der Waals surface area contributed by atoms with Gasteiger partial charge in [-0.3, -0.25) is 14.6 Å². The Balaban J connectivity index is 1.69. The fraction of sp³-hybridized carbons (Fsp3) is 0.381. The second kappa shape index (κ2) is 11.3. The molecule has 1 aliphatic rings. The van der Waals surface area contributed by atoms with E-state index in [9.17, 15) is 18.0 Å². The van der Waals surface area contributed by atoms with Gasteiger partial charge in [-0.1, -0.05) is 41.8 Å². The summed E-state index contributed by atoms with van der Waals surface area (Å²) in [6.07, 6.45) is 5.28. The van der Waals surface area contributed by atoms with Crippen molar-refractivity contribution in [2.75, 3.05) is 25.5 Å². The molecule has 1 atom stereocenters. The number of anilines is 1. The number of ether oxygens (including phenoxy) is 1. The van der Waals surface area contributed by atoms with E-state index in [1.165, 1.54) is 23.8 Å². The highest BCUT2D eigenvalue weighted by Crippen LogP contribution is 2.24. The van der Waals surface area contributed by atoms with Gasteiger partial charge in [0.2, 0.25) is 0 Å². The third kappa shape index (κ3) is 6.64. The normalized spacial score (nSPS) is 15.6. The predicted octanol–water partition coefficient (Wildman–Crippen LogP) is 3.05. The van der Waals surface area contributed by atoms with E-state index in [-0.39, 0.29) is 22.0 Å². The summed E-state index contributed by atoms with van der Waals surface area (Å²) in [6.45, 7) is 0.840. The van der Waals surface area contributed by atoms with Crippen LogP contribution in [0.5, 0.6) is 0 Å². The first kappa shape index (κ1) is 25.4. The molecule has 0 bridgehead atoms. The smallest absolute Gasteiger partial charge is 0.324 e. The highest BCUT2D eigenvalue weighted by atomic mass is 35.5. The third-order valence-corrected chi connectivity index (χ3v) is 7.36. The number of hydrogen-bond donors (Lipinski definition) is 2. The Labute approximate surface area is 202 Å². The molecule has 2 N–H and O–H groups in total. The lowest BCUT2D eigenvalue weighted by Gasteiger charge is -2.28. The standard InChI is InChI=1S/C21H24Cl2N4O5S/c1-32-21(29)18(26-33(30,31)27-9-3-2-4-10-27)11-14-5-7-15(8-6-14)25-20(28)19-16(22)12-24-13-17(19)23/h5-8,12-13,18,26H,2-4,9-11H2,1H3,(H,25,28). The number of carbonyl (C=O) groups excluding carboxylic acids is 2. The number of halogens is 2. The SMILES string of the molecule is COC(=O)C(Cc1ccc(NC(=O)c2c(Cl)cncc2Cl)cc1)NS(=O)(=O)N1CCCCC1. The van der Waals surface area contributed by atoms with E-state index in [1.807, 2.05) is 0 Å². The van der Waals surface area contributed by atoms with E-state index in [1.54, 1.807) is 24.3 Å². The Morgan fingerprint density at radius 1 is 1.09 bits per heavy atom. The lowest BCUT2D eigenvalue weighted by Crippen LogP contribution is -2.50. The maximum absolute atomic E-state index is 12.7.